The average molecular weight is 342 g/mol. The maximum absolute atomic E-state index is 6.08. The summed E-state index contributed by atoms with van der Waals surface area (Å²) in [5, 5.41) is -0.549. The van der Waals surface area contributed by atoms with Crippen LogP contribution in [-0.4, -0.2) is 9.90 Å². The summed E-state index contributed by atoms with van der Waals surface area (Å²) in [5.41, 5.74) is 1.98. The van der Waals surface area contributed by atoms with Crippen LogP contribution in [-0.2, 0) is 0 Å². The van der Waals surface area contributed by atoms with Gasteiger partial charge < -0.3 is 4.74 Å². The van der Waals surface area contributed by atoms with E-state index in [9.17, 15) is 0 Å². The molecule has 4 heteroatoms. The minimum Gasteiger partial charge on any atom is -0.456 e. The Bertz CT molecular complexity index is 606. The molecule has 110 valence electrons. The van der Waals surface area contributed by atoms with Crippen LogP contribution in [0, 0.1) is 0 Å². The summed E-state index contributed by atoms with van der Waals surface area (Å²) in [5.74, 6) is 0.585. The van der Waals surface area contributed by atoms with Crippen molar-refractivity contribution in [1.82, 2.24) is 0 Å². The van der Waals surface area contributed by atoms with E-state index in [4.69, 9.17) is 39.5 Å². The molecule has 0 bridgehead atoms. The molecule has 0 N–H and O–H groups in total. The lowest BCUT2D eigenvalue weighted by Gasteiger charge is -2.24. The highest BCUT2D eigenvalue weighted by molar-refractivity contribution is 6.51. The molecule has 0 aliphatic heterocycles. The zero-order valence-electron chi connectivity index (χ0n) is 11.5. The van der Waals surface area contributed by atoms with Gasteiger partial charge in [0.1, 0.15) is 11.1 Å². The van der Waals surface area contributed by atoms with Gasteiger partial charge in [-0.1, -0.05) is 83.9 Å². The van der Waals surface area contributed by atoms with Crippen LogP contribution in [0.5, 0.6) is 5.75 Å². The highest BCUT2D eigenvalue weighted by atomic mass is 35.5. The maximum atomic E-state index is 6.08. The van der Waals surface area contributed by atoms with Gasteiger partial charge >= 0.3 is 0 Å². The van der Waals surface area contributed by atoms with Gasteiger partial charge in [0.2, 0.25) is 0 Å². The summed E-state index contributed by atoms with van der Waals surface area (Å²) in [4.78, 5) is 0. The Labute approximate surface area is 140 Å². The third kappa shape index (κ3) is 4.67. The molecule has 0 saturated heterocycles. The van der Waals surface area contributed by atoms with Gasteiger partial charge in [-0.3, -0.25) is 0 Å². The Morgan fingerprint density at radius 3 is 2.24 bits per heavy atom. The van der Waals surface area contributed by atoms with Crippen molar-refractivity contribution in [3.8, 4) is 5.75 Å². The highest BCUT2D eigenvalue weighted by Crippen LogP contribution is 2.34. The van der Waals surface area contributed by atoms with E-state index in [2.05, 4.69) is 0 Å². The van der Waals surface area contributed by atoms with E-state index in [-0.39, 0.29) is 0 Å². The van der Waals surface area contributed by atoms with Crippen molar-refractivity contribution in [3.63, 3.8) is 0 Å². The van der Waals surface area contributed by atoms with E-state index in [1.165, 1.54) is 0 Å². The van der Waals surface area contributed by atoms with Crippen LogP contribution in [0.15, 0.2) is 54.6 Å². The number of alkyl halides is 3. The highest BCUT2D eigenvalue weighted by Gasteiger charge is 2.33. The second kappa shape index (κ2) is 7.22. The molecule has 0 spiro atoms. The van der Waals surface area contributed by atoms with Crippen molar-refractivity contribution in [2.75, 3.05) is 0 Å². The third-order valence-corrected chi connectivity index (χ3v) is 4.22. The Morgan fingerprint density at radius 2 is 1.57 bits per heavy atom. The lowest BCUT2D eigenvalue weighted by atomic mass is 10.1. The topological polar surface area (TPSA) is 9.23 Å². The second-order valence-electron chi connectivity index (χ2n) is 4.56. The summed E-state index contributed by atoms with van der Waals surface area (Å²) >= 11 is 18.1. The standard InChI is InChI=1S/C17H15Cl3O/c1-13(18)17(19,20)21-16-10-6-5-9-15(16)12-11-14-7-3-2-4-8-14/h2-13H,1H3/b12-11+. The first-order valence-electron chi connectivity index (χ1n) is 6.52. The first-order chi connectivity index (χ1) is 9.99. The quantitative estimate of drug-likeness (QED) is 0.479. The molecule has 1 atom stereocenters. The van der Waals surface area contributed by atoms with Crippen molar-refractivity contribution in [1.29, 1.82) is 0 Å². The van der Waals surface area contributed by atoms with Gasteiger partial charge in [-0.15, -0.1) is 11.6 Å². The summed E-state index contributed by atoms with van der Waals surface area (Å²) in [6.45, 7) is 1.68. The minimum atomic E-state index is -1.47. The summed E-state index contributed by atoms with van der Waals surface area (Å²) in [7, 11) is 0. The van der Waals surface area contributed by atoms with Crippen LogP contribution < -0.4 is 4.74 Å². The molecule has 2 rings (SSSR count). The van der Waals surface area contributed by atoms with Crippen molar-refractivity contribution < 1.29 is 4.74 Å². The van der Waals surface area contributed by atoms with Gasteiger partial charge in [0.25, 0.3) is 4.52 Å². The fourth-order valence-electron chi connectivity index (χ4n) is 1.69. The van der Waals surface area contributed by atoms with Gasteiger partial charge in [-0.25, -0.2) is 0 Å². The summed E-state index contributed by atoms with van der Waals surface area (Å²) in [6, 6.07) is 17.5. The molecule has 0 aliphatic carbocycles. The van der Waals surface area contributed by atoms with Crippen LogP contribution in [0.1, 0.15) is 18.1 Å². The zero-order valence-corrected chi connectivity index (χ0v) is 13.7. The Kier molecular flexibility index (Phi) is 5.58. The maximum Gasteiger partial charge on any atom is 0.274 e. The SMILES string of the molecule is CC(Cl)C(Cl)(Cl)Oc1ccccc1/C=C/c1ccccc1. The number of benzene rings is 2. The second-order valence-corrected chi connectivity index (χ2v) is 6.53. The van der Waals surface area contributed by atoms with E-state index in [1.54, 1.807) is 6.92 Å². The van der Waals surface area contributed by atoms with Crippen LogP contribution in [0.3, 0.4) is 0 Å². The van der Waals surface area contributed by atoms with E-state index < -0.39 is 9.90 Å². The van der Waals surface area contributed by atoms with E-state index in [1.807, 2.05) is 66.7 Å². The molecular weight excluding hydrogens is 327 g/mol. The van der Waals surface area contributed by atoms with Crippen LogP contribution in [0.2, 0.25) is 0 Å². The fourth-order valence-corrected chi connectivity index (χ4v) is 1.90. The molecule has 0 saturated carbocycles. The zero-order chi connectivity index (χ0) is 15.3. The normalized spacial score (nSPS) is 13.3. The van der Waals surface area contributed by atoms with Gasteiger partial charge in [0, 0.05) is 5.56 Å². The van der Waals surface area contributed by atoms with Gasteiger partial charge in [0.05, 0.1) is 0 Å². The predicted octanol–water partition coefficient (Wildman–Crippen LogP) is 5.99. The monoisotopic (exact) mass is 340 g/mol. The number of hydrogen-bond acceptors (Lipinski definition) is 1. The van der Waals surface area contributed by atoms with Crippen LogP contribution >= 0.6 is 34.8 Å². The first kappa shape index (κ1) is 16.2. The van der Waals surface area contributed by atoms with Crippen molar-refractivity contribution in [3.05, 3.63) is 65.7 Å². The van der Waals surface area contributed by atoms with E-state index in [0.717, 1.165) is 11.1 Å². The Morgan fingerprint density at radius 1 is 0.952 bits per heavy atom. The van der Waals surface area contributed by atoms with Gasteiger partial charge in [-0.2, -0.15) is 0 Å². The molecular formula is C17H15Cl3O. The molecule has 2 aromatic rings. The van der Waals surface area contributed by atoms with Crippen LogP contribution in [0.4, 0.5) is 0 Å². The number of halogens is 3. The number of ether oxygens (including phenoxy) is 1. The number of rotatable bonds is 5. The third-order valence-electron chi connectivity index (χ3n) is 2.88. The number of hydrogen-bond donors (Lipinski definition) is 0. The number of para-hydroxylation sites is 1. The lowest BCUT2D eigenvalue weighted by Crippen LogP contribution is -2.31. The smallest absolute Gasteiger partial charge is 0.274 e. The summed E-state index contributed by atoms with van der Waals surface area (Å²) < 4.78 is 4.16. The molecule has 2 aromatic carbocycles. The predicted molar refractivity (Wildman–Crippen MR) is 92.2 cm³/mol. The van der Waals surface area contributed by atoms with Crippen LogP contribution in [0.25, 0.3) is 12.2 Å². The largest absolute Gasteiger partial charge is 0.456 e. The molecule has 21 heavy (non-hydrogen) atoms. The Balaban J connectivity index is 2.23. The van der Waals surface area contributed by atoms with Gasteiger partial charge in [-0.05, 0) is 18.6 Å². The average Bonchev–Trinajstić information content (AvgIpc) is 2.47. The molecule has 0 heterocycles. The Hall–Kier alpha value is -1.15. The van der Waals surface area contributed by atoms with Crippen molar-refractivity contribution in [2.24, 2.45) is 0 Å². The molecule has 0 aliphatic rings. The van der Waals surface area contributed by atoms with E-state index in [0.29, 0.717) is 5.75 Å². The van der Waals surface area contributed by atoms with Crippen molar-refractivity contribution in [2.45, 2.75) is 16.8 Å². The first-order valence-corrected chi connectivity index (χ1v) is 7.71. The molecule has 0 radical (unpaired) electrons. The molecule has 0 aromatic heterocycles. The van der Waals surface area contributed by atoms with E-state index >= 15 is 0 Å². The van der Waals surface area contributed by atoms with Crippen molar-refractivity contribution >= 4 is 47.0 Å². The molecule has 0 amide bonds. The lowest BCUT2D eigenvalue weighted by molar-refractivity contribution is 0.240. The molecule has 0 fully saturated rings. The molecule has 1 unspecified atom stereocenters. The summed E-state index contributed by atoms with van der Waals surface area (Å²) in [6.07, 6.45) is 3.95. The van der Waals surface area contributed by atoms with Gasteiger partial charge in [0.15, 0.2) is 0 Å². The fraction of sp³-hybridized carbons (Fsp3) is 0.176. The molecule has 1 nitrogen and oxygen atoms in total. The minimum absolute atomic E-state index is 0.549.